The highest BCUT2D eigenvalue weighted by molar-refractivity contribution is 9.10. The minimum atomic E-state index is -0.313. The summed E-state index contributed by atoms with van der Waals surface area (Å²) < 4.78 is 18.4. The standard InChI is InChI=1S/C20H18BrN3O4/c1-12(2)10-26-20-22-18(13-7-8-16-17(9-13)28-11-27-16)24(23-20)19(25)14-5-3-4-6-15(14)21/h3-9,12H,10-11H2,1-2H3. The molecule has 0 aliphatic carbocycles. The Balaban J connectivity index is 1.78. The second-order valence-electron chi connectivity index (χ2n) is 6.69. The Labute approximate surface area is 170 Å². The van der Waals surface area contributed by atoms with E-state index in [9.17, 15) is 4.79 Å². The van der Waals surface area contributed by atoms with Crippen LogP contribution in [0.5, 0.6) is 17.5 Å². The van der Waals surface area contributed by atoms with E-state index in [-0.39, 0.29) is 18.7 Å². The smallest absolute Gasteiger partial charge is 0.336 e. The molecule has 1 aliphatic heterocycles. The van der Waals surface area contributed by atoms with Crippen LogP contribution in [0.4, 0.5) is 0 Å². The van der Waals surface area contributed by atoms with Gasteiger partial charge in [-0.1, -0.05) is 26.0 Å². The molecule has 144 valence electrons. The van der Waals surface area contributed by atoms with Crippen molar-refractivity contribution in [2.24, 2.45) is 5.92 Å². The minimum absolute atomic E-state index is 0.154. The molecule has 0 saturated carbocycles. The van der Waals surface area contributed by atoms with Gasteiger partial charge in [-0.05, 0) is 52.2 Å². The number of carbonyl (C=O) groups excluding carboxylic acids is 1. The molecule has 28 heavy (non-hydrogen) atoms. The summed E-state index contributed by atoms with van der Waals surface area (Å²) in [5.74, 6) is 1.62. The van der Waals surface area contributed by atoms with Gasteiger partial charge in [-0.15, -0.1) is 5.10 Å². The molecule has 8 heteroatoms. The molecule has 1 aliphatic rings. The van der Waals surface area contributed by atoms with Gasteiger partial charge in [-0.3, -0.25) is 4.79 Å². The van der Waals surface area contributed by atoms with Crippen LogP contribution in [-0.2, 0) is 0 Å². The first-order chi connectivity index (χ1) is 13.5. The van der Waals surface area contributed by atoms with Crippen LogP contribution < -0.4 is 14.2 Å². The van der Waals surface area contributed by atoms with Crippen LogP contribution in [0.15, 0.2) is 46.9 Å². The van der Waals surface area contributed by atoms with Crippen molar-refractivity contribution in [1.82, 2.24) is 14.8 Å². The number of fused-ring (bicyclic) bond motifs is 1. The Morgan fingerprint density at radius 1 is 1.21 bits per heavy atom. The summed E-state index contributed by atoms with van der Waals surface area (Å²) in [5, 5.41) is 4.31. The van der Waals surface area contributed by atoms with E-state index in [2.05, 4.69) is 26.0 Å². The van der Waals surface area contributed by atoms with E-state index in [0.29, 0.717) is 45.4 Å². The van der Waals surface area contributed by atoms with Crippen molar-refractivity contribution in [3.8, 4) is 28.9 Å². The van der Waals surface area contributed by atoms with Crippen LogP contribution in [0.2, 0.25) is 0 Å². The molecular formula is C20H18BrN3O4. The monoisotopic (exact) mass is 443 g/mol. The molecule has 0 atom stereocenters. The fraction of sp³-hybridized carbons (Fsp3) is 0.250. The van der Waals surface area contributed by atoms with E-state index in [0.717, 1.165) is 0 Å². The van der Waals surface area contributed by atoms with Gasteiger partial charge in [-0.2, -0.15) is 9.67 Å². The third kappa shape index (κ3) is 3.60. The summed E-state index contributed by atoms with van der Waals surface area (Å²) in [6, 6.07) is 12.7. The zero-order valence-electron chi connectivity index (χ0n) is 15.4. The average molecular weight is 444 g/mol. The number of hydrogen-bond acceptors (Lipinski definition) is 6. The quantitative estimate of drug-likeness (QED) is 0.589. The lowest BCUT2D eigenvalue weighted by Crippen LogP contribution is -2.16. The zero-order chi connectivity index (χ0) is 19.7. The summed E-state index contributed by atoms with van der Waals surface area (Å²) in [6.07, 6.45) is 0. The van der Waals surface area contributed by atoms with E-state index in [1.165, 1.54) is 4.68 Å². The van der Waals surface area contributed by atoms with Gasteiger partial charge in [0.1, 0.15) is 0 Å². The van der Waals surface area contributed by atoms with E-state index < -0.39 is 0 Å². The zero-order valence-corrected chi connectivity index (χ0v) is 17.0. The Morgan fingerprint density at radius 3 is 2.79 bits per heavy atom. The van der Waals surface area contributed by atoms with Crippen LogP contribution >= 0.6 is 15.9 Å². The predicted octanol–water partition coefficient (Wildman–Crippen LogP) is 4.16. The number of halogens is 1. The number of benzene rings is 2. The molecule has 0 bridgehead atoms. The molecule has 2 aromatic carbocycles. The minimum Gasteiger partial charge on any atom is -0.462 e. The maximum Gasteiger partial charge on any atom is 0.336 e. The normalized spacial score (nSPS) is 12.4. The summed E-state index contributed by atoms with van der Waals surface area (Å²) in [4.78, 5) is 17.6. The molecule has 0 radical (unpaired) electrons. The lowest BCUT2D eigenvalue weighted by atomic mass is 10.1. The molecule has 0 spiro atoms. The van der Waals surface area contributed by atoms with Crippen molar-refractivity contribution < 1.29 is 19.0 Å². The van der Waals surface area contributed by atoms with E-state index in [1.54, 1.807) is 30.3 Å². The number of ether oxygens (including phenoxy) is 3. The van der Waals surface area contributed by atoms with Gasteiger partial charge in [0.15, 0.2) is 17.3 Å². The number of nitrogens with zero attached hydrogens (tertiary/aromatic N) is 3. The van der Waals surface area contributed by atoms with Gasteiger partial charge in [0.25, 0.3) is 5.91 Å². The van der Waals surface area contributed by atoms with E-state index in [1.807, 2.05) is 26.0 Å². The summed E-state index contributed by atoms with van der Waals surface area (Å²) in [5.41, 5.74) is 1.15. The largest absolute Gasteiger partial charge is 0.462 e. The number of rotatable bonds is 5. The third-order valence-corrected chi connectivity index (χ3v) is 4.75. The van der Waals surface area contributed by atoms with Gasteiger partial charge in [0.05, 0.1) is 12.2 Å². The topological polar surface area (TPSA) is 75.5 Å². The van der Waals surface area contributed by atoms with Crippen LogP contribution in [0, 0.1) is 5.92 Å². The number of aromatic nitrogens is 3. The van der Waals surface area contributed by atoms with Crippen LogP contribution in [0.3, 0.4) is 0 Å². The maximum atomic E-state index is 13.2. The molecule has 0 unspecified atom stereocenters. The van der Waals surface area contributed by atoms with Gasteiger partial charge in [-0.25, -0.2) is 0 Å². The molecule has 1 aromatic heterocycles. The van der Waals surface area contributed by atoms with E-state index >= 15 is 0 Å². The van der Waals surface area contributed by atoms with Crippen molar-refractivity contribution in [2.45, 2.75) is 13.8 Å². The molecule has 0 amide bonds. The molecule has 0 saturated heterocycles. The molecule has 0 fully saturated rings. The van der Waals surface area contributed by atoms with Gasteiger partial charge in [0.2, 0.25) is 6.79 Å². The highest BCUT2D eigenvalue weighted by Crippen LogP contribution is 2.36. The SMILES string of the molecule is CC(C)COc1nc(-c2ccc3c(c2)OCO3)n(C(=O)c2ccccc2Br)n1. The first kappa shape index (κ1) is 18.5. The molecule has 7 nitrogen and oxygen atoms in total. The highest BCUT2D eigenvalue weighted by Gasteiger charge is 2.23. The van der Waals surface area contributed by atoms with Crippen molar-refractivity contribution in [2.75, 3.05) is 13.4 Å². The Morgan fingerprint density at radius 2 is 2.00 bits per heavy atom. The number of carbonyl (C=O) groups is 1. The van der Waals surface area contributed by atoms with Crippen molar-refractivity contribution in [3.05, 3.63) is 52.5 Å². The molecule has 3 aromatic rings. The Hall–Kier alpha value is -2.87. The van der Waals surface area contributed by atoms with Crippen LogP contribution in [0.1, 0.15) is 24.2 Å². The lowest BCUT2D eigenvalue weighted by Gasteiger charge is -2.07. The first-order valence-electron chi connectivity index (χ1n) is 8.82. The molecule has 4 rings (SSSR count). The number of hydrogen-bond donors (Lipinski definition) is 0. The molecular weight excluding hydrogens is 426 g/mol. The predicted molar refractivity (Wildman–Crippen MR) is 106 cm³/mol. The van der Waals surface area contributed by atoms with Crippen LogP contribution in [0.25, 0.3) is 11.4 Å². The molecule has 0 N–H and O–H groups in total. The Kier molecular flexibility index (Phi) is 5.04. The first-order valence-corrected chi connectivity index (χ1v) is 9.61. The average Bonchev–Trinajstić information content (AvgIpc) is 3.32. The van der Waals surface area contributed by atoms with Crippen molar-refractivity contribution in [3.63, 3.8) is 0 Å². The van der Waals surface area contributed by atoms with Gasteiger partial charge >= 0.3 is 6.01 Å². The van der Waals surface area contributed by atoms with E-state index in [4.69, 9.17) is 14.2 Å². The summed E-state index contributed by atoms with van der Waals surface area (Å²) in [6.45, 7) is 4.68. The van der Waals surface area contributed by atoms with Crippen molar-refractivity contribution in [1.29, 1.82) is 0 Å². The fourth-order valence-electron chi connectivity index (χ4n) is 2.71. The van der Waals surface area contributed by atoms with Gasteiger partial charge < -0.3 is 14.2 Å². The third-order valence-electron chi connectivity index (χ3n) is 4.06. The maximum absolute atomic E-state index is 13.2. The van der Waals surface area contributed by atoms with Crippen LogP contribution in [-0.4, -0.2) is 34.1 Å². The summed E-state index contributed by atoms with van der Waals surface area (Å²) >= 11 is 3.42. The summed E-state index contributed by atoms with van der Waals surface area (Å²) in [7, 11) is 0. The second kappa shape index (κ2) is 7.63. The molecule has 2 heterocycles. The second-order valence-corrected chi connectivity index (χ2v) is 7.54. The van der Waals surface area contributed by atoms with Gasteiger partial charge in [0, 0.05) is 10.0 Å². The van der Waals surface area contributed by atoms with Crippen molar-refractivity contribution >= 4 is 21.8 Å². The highest BCUT2D eigenvalue weighted by atomic mass is 79.9. The Bertz CT molecular complexity index is 1030. The lowest BCUT2D eigenvalue weighted by molar-refractivity contribution is 0.0943. The fourth-order valence-corrected chi connectivity index (χ4v) is 3.16.